The molecule has 8 heterocycles. The summed E-state index contributed by atoms with van der Waals surface area (Å²) in [5.41, 5.74) is 2.56. The van der Waals surface area contributed by atoms with E-state index >= 15 is 0 Å². The fraction of sp³-hybridized carbons (Fsp3) is 0.537. The number of rotatable bonds is 12. The number of halogens is 4. The van der Waals surface area contributed by atoms with Gasteiger partial charge in [0.2, 0.25) is 59.1 Å². The zero-order valence-electron chi connectivity index (χ0n) is 66.8. The Bertz CT molecular complexity index is 4170. The SMILES string of the molecule is Cc1ccc(NC(=O)N[C@@H](Cc2cc(F)cc(F)c2)C(=O)N[C@@H]2C(=O)N3C[C@H](O)C[C@H]3C(=O)N3CCCC[C@H]3C(=O)N[C@@H](C)C(=O)N3C[C@H](C)C[C@H]3C(=O)O[C@H]2C)cc1.Cc1ccc(NC(=O)N[C@@H](Cc2cc(F)cc(F)c2)C(=O)N[C@@H]2C(=O)N3C[C@H](O)C[C@H]3C(=O)N3CCCC[C@H]3C(=O)N[C@@H](C)C(=O)N3C[C@H](C)C[C@H]3C(=O)O[C@H]2C)cc1. The smallest absolute Gasteiger partial charge is 0.329 e. The first-order chi connectivity index (χ1) is 56.0. The van der Waals surface area contributed by atoms with Gasteiger partial charge < -0.3 is 91.6 Å². The number of benzene rings is 4. The summed E-state index contributed by atoms with van der Waals surface area (Å²) in [6.07, 6.45) is -3.20. The van der Waals surface area contributed by atoms with Crippen LogP contribution in [0.25, 0.3) is 0 Å². The van der Waals surface area contributed by atoms with Crippen molar-refractivity contribution in [3.8, 4) is 0 Å². The standard InChI is InChI=1S/2C41H51F2N7O9/c2*1-21-8-10-28(11-9-21)45-41(58)46-30(16-25-14-26(42)17-27(43)15-25)35(52)47-34-24(4)59-40(57)33-13-22(2)19-49(33)37(54)23(3)44-36(53)31-7-5-6-12-48(31)38(55)32-18-29(51)20-50(32)39(34)56/h2*8-11,14-15,17,22-24,29-34,51H,5-7,12-13,16,18-20H2,1-4H3,(H,44,53)(H,47,52)(H2,45,46,58)/t2*22-,23+,24+,29-,30+,31+,32+,33+,34+/m11/s1. The Labute approximate surface area is 678 Å². The Morgan fingerprint density at radius 2 is 0.771 bits per heavy atom. The number of amides is 14. The Hall–Kier alpha value is -11.3. The van der Waals surface area contributed by atoms with E-state index in [2.05, 4.69) is 42.5 Å². The summed E-state index contributed by atoms with van der Waals surface area (Å²) in [7, 11) is 0. The van der Waals surface area contributed by atoms with Gasteiger partial charge in [-0.15, -0.1) is 0 Å². The minimum absolute atomic E-state index is 0.00938. The molecule has 0 radical (unpaired) electrons. The summed E-state index contributed by atoms with van der Waals surface area (Å²) >= 11 is 0. The highest BCUT2D eigenvalue weighted by atomic mass is 19.1. The molecule has 18 atom stereocenters. The topological polar surface area (TPSA) is 414 Å². The first-order valence-corrected chi connectivity index (χ1v) is 40.0. The Kier molecular flexibility index (Phi) is 28.2. The van der Waals surface area contributed by atoms with E-state index in [4.69, 9.17) is 9.47 Å². The van der Waals surface area contributed by atoms with Gasteiger partial charge in [-0.1, -0.05) is 49.2 Å². The van der Waals surface area contributed by atoms with Crippen molar-refractivity contribution in [2.75, 3.05) is 49.9 Å². The minimum atomic E-state index is -1.74. The number of carbonyl (C=O) groups excluding carboxylic acids is 14. The number of hydrogen-bond acceptors (Lipinski definition) is 18. The number of fused-ring (bicyclic) bond motifs is 6. The van der Waals surface area contributed by atoms with Crippen LogP contribution in [-0.2, 0) is 79.8 Å². The molecule has 8 fully saturated rings. The molecule has 14 amide bonds. The van der Waals surface area contributed by atoms with Crippen LogP contribution in [0.3, 0.4) is 0 Å². The molecule has 36 heteroatoms. The number of aliphatic hydroxyl groups is 2. The second-order valence-corrected chi connectivity index (χ2v) is 32.3. The molecular formula is C82H102F4N14O18. The van der Waals surface area contributed by atoms with Crippen LogP contribution in [0.15, 0.2) is 84.9 Å². The zero-order valence-corrected chi connectivity index (χ0v) is 66.8. The summed E-state index contributed by atoms with van der Waals surface area (Å²) in [5, 5.41) is 42.5. The number of ether oxygens (including phenoxy) is 2. The van der Waals surface area contributed by atoms with Crippen molar-refractivity contribution in [1.82, 2.24) is 61.3 Å². The number of nitrogens with one attached hydrogen (secondary N) is 8. The van der Waals surface area contributed by atoms with Crippen molar-refractivity contribution in [3.63, 3.8) is 0 Å². The van der Waals surface area contributed by atoms with Gasteiger partial charge in [0.1, 0.15) is 108 Å². The van der Waals surface area contributed by atoms with Crippen LogP contribution in [-0.4, -0.2) is 259 Å². The van der Waals surface area contributed by atoms with E-state index in [1.54, 1.807) is 48.5 Å². The molecule has 12 rings (SSSR count). The van der Waals surface area contributed by atoms with Crippen molar-refractivity contribution < 1.29 is 104 Å². The lowest BCUT2D eigenvalue weighted by Crippen LogP contribution is -2.63. The highest BCUT2D eigenvalue weighted by Crippen LogP contribution is 2.33. The lowest BCUT2D eigenvalue weighted by Gasteiger charge is -2.39. The maximum atomic E-state index is 14.7. The predicted molar refractivity (Wildman–Crippen MR) is 414 cm³/mol. The summed E-state index contributed by atoms with van der Waals surface area (Å²) in [5.74, 6) is -13.1. The predicted octanol–water partition coefficient (Wildman–Crippen LogP) is 3.04. The van der Waals surface area contributed by atoms with Crippen molar-refractivity contribution in [2.45, 2.75) is 229 Å². The molecule has 0 bridgehead atoms. The van der Waals surface area contributed by atoms with Crippen LogP contribution < -0.4 is 42.5 Å². The van der Waals surface area contributed by atoms with Gasteiger partial charge in [-0.3, -0.25) is 47.9 Å². The second-order valence-electron chi connectivity index (χ2n) is 32.3. The van der Waals surface area contributed by atoms with Crippen LogP contribution in [0.2, 0.25) is 0 Å². The third kappa shape index (κ3) is 21.2. The highest BCUT2D eigenvalue weighted by Gasteiger charge is 2.52. The number of carbonyl (C=O) groups is 14. The van der Waals surface area contributed by atoms with Gasteiger partial charge in [0.05, 0.1) is 12.2 Å². The van der Waals surface area contributed by atoms with Crippen LogP contribution >= 0.6 is 0 Å². The lowest BCUT2D eigenvalue weighted by molar-refractivity contribution is -0.163. The van der Waals surface area contributed by atoms with Gasteiger partial charge in [-0.25, -0.2) is 36.7 Å². The summed E-state index contributed by atoms with van der Waals surface area (Å²) in [6, 6.07) is 1.50. The zero-order chi connectivity index (χ0) is 85.4. The van der Waals surface area contributed by atoms with E-state index in [0.717, 1.165) is 45.2 Å². The third-order valence-electron chi connectivity index (χ3n) is 22.7. The molecule has 32 nitrogen and oxygen atoms in total. The molecule has 8 aliphatic heterocycles. The average molecular weight is 1650 g/mol. The van der Waals surface area contributed by atoms with Crippen molar-refractivity contribution in [2.24, 2.45) is 11.8 Å². The number of aryl methyl sites for hydroxylation is 2. The van der Waals surface area contributed by atoms with E-state index in [-0.39, 0.29) is 101 Å². The first-order valence-electron chi connectivity index (χ1n) is 40.0. The Morgan fingerprint density at radius 1 is 0.432 bits per heavy atom. The molecule has 0 spiro atoms. The molecule has 10 N–H and O–H groups in total. The molecule has 4 aromatic carbocycles. The number of urea groups is 2. The average Bonchev–Trinajstić information content (AvgIpc) is 1.70. The molecule has 0 saturated carbocycles. The van der Waals surface area contributed by atoms with Gasteiger partial charge in [-0.05, 0) is 164 Å². The summed E-state index contributed by atoms with van der Waals surface area (Å²) in [6.45, 7) is 13.1. The van der Waals surface area contributed by atoms with E-state index in [1.807, 2.05) is 27.7 Å². The fourth-order valence-corrected chi connectivity index (χ4v) is 16.7. The first kappa shape index (κ1) is 87.5. The lowest BCUT2D eigenvalue weighted by atomic mass is 9.98. The number of aliphatic hydroxyl groups excluding tert-OH is 2. The van der Waals surface area contributed by atoms with Gasteiger partial charge in [-0.2, -0.15) is 0 Å². The number of hydrogen-bond donors (Lipinski definition) is 10. The number of esters is 2. The summed E-state index contributed by atoms with van der Waals surface area (Å²) < 4.78 is 69.0. The van der Waals surface area contributed by atoms with Crippen molar-refractivity contribution in [3.05, 3.63) is 130 Å². The van der Waals surface area contributed by atoms with Crippen LogP contribution in [0.5, 0.6) is 0 Å². The van der Waals surface area contributed by atoms with Crippen molar-refractivity contribution >= 4 is 94.4 Å². The maximum absolute atomic E-state index is 14.7. The Balaban J connectivity index is 0.000000231. The van der Waals surface area contributed by atoms with Crippen LogP contribution in [0.4, 0.5) is 38.5 Å². The summed E-state index contributed by atoms with van der Waals surface area (Å²) in [4.78, 5) is 204. The number of cyclic esters (lactones) is 2. The Morgan fingerprint density at radius 3 is 1.12 bits per heavy atom. The van der Waals surface area contributed by atoms with Crippen molar-refractivity contribution in [1.29, 1.82) is 0 Å². The molecule has 8 saturated heterocycles. The number of nitrogens with zero attached hydrogens (tertiary/aromatic N) is 6. The third-order valence-corrected chi connectivity index (χ3v) is 22.7. The van der Waals surface area contributed by atoms with E-state index < -0.39 is 216 Å². The molecule has 4 aromatic rings. The van der Waals surface area contributed by atoms with Gasteiger partial charge >= 0.3 is 24.0 Å². The highest BCUT2D eigenvalue weighted by molar-refractivity contribution is 6.01. The maximum Gasteiger partial charge on any atom is 0.329 e. The van der Waals surface area contributed by atoms with E-state index in [0.29, 0.717) is 49.2 Å². The van der Waals surface area contributed by atoms with Gasteiger partial charge in [0.15, 0.2) is 0 Å². The number of piperidine rings is 2. The minimum Gasteiger partial charge on any atom is -0.458 e. The van der Waals surface area contributed by atoms with E-state index in [1.165, 1.54) is 47.3 Å². The van der Waals surface area contributed by atoms with Crippen LogP contribution in [0.1, 0.15) is 128 Å². The molecule has 0 aliphatic carbocycles. The molecule has 118 heavy (non-hydrogen) atoms. The largest absolute Gasteiger partial charge is 0.458 e. The quantitative estimate of drug-likeness (QED) is 0.0720. The normalized spacial score (nSPS) is 28.5. The fourth-order valence-electron chi connectivity index (χ4n) is 16.7. The molecule has 8 aliphatic rings. The van der Waals surface area contributed by atoms with E-state index in [9.17, 15) is 94.9 Å². The molecular weight excluding hydrogens is 1540 g/mol. The molecule has 0 aromatic heterocycles. The molecule has 636 valence electrons. The van der Waals surface area contributed by atoms with Gasteiger partial charge in [0, 0.05) is 88.5 Å². The monoisotopic (exact) mass is 1650 g/mol. The number of anilines is 2. The second kappa shape index (κ2) is 38.0. The molecule has 0 unspecified atom stereocenters. The van der Waals surface area contributed by atoms with Gasteiger partial charge in [0.25, 0.3) is 0 Å². The van der Waals surface area contributed by atoms with Crippen LogP contribution in [0, 0.1) is 49.0 Å².